The van der Waals surface area contributed by atoms with Crippen LogP contribution < -0.4 is 0 Å². The Morgan fingerprint density at radius 2 is 0.833 bits per heavy atom. The van der Waals surface area contributed by atoms with Gasteiger partial charge in [0.15, 0.2) is 0 Å². The van der Waals surface area contributed by atoms with E-state index in [1.54, 1.807) is 0 Å². The van der Waals surface area contributed by atoms with Crippen molar-refractivity contribution < 1.29 is 8.83 Å². The van der Waals surface area contributed by atoms with E-state index in [0.29, 0.717) is 0 Å². The minimum absolute atomic E-state index is 0.154. The lowest BCUT2D eigenvalue weighted by molar-refractivity contribution is 0.572. The minimum Gasteiger partial charge on any atom is -0.456 e. The Bertz CT molecular complexity index is 3780. The summed E-state index contributed by atoms with van der Waals surface area (Å²) < 4.78 is 14.5. The summed E-state index contributed by atoms with van der Waals surface area (Å²) in [5, 5.41) is 8.41. The molecular formula is C62H52N2O2. The van der Waals surface area contributed by atoms with Crippen LogP contribution in [0.5, 0.6) is 0 Å². The molecule has 0 fully saturated rings. The van der Waals surface area contributed by atoms with Crippen LogP contribution >= 0.6 is 0 Å². The topological polar surface area (TPSA) is 51.0 Å². The Balaban J connectivity index is 1.46. The molecule has 0 spiro atoms. The molecule has 0 saturated heterocycles. The molecule has 66 heavy (non-hydrogen) atoms. The predicted octanol–water partition coefficient (Wildman–Crippen LogP) is 17.3. The number of aryl methyl sites for hydroxylation is 2. The van der Waals surface area contributed by atoms with Crippen molar-refractivity contribution in [3.63, 3.8) is 0 Å². The Morgan fingerprint density at radius 1 is 0.379 bits per heavy atom. The molecule has 0 radical (unpaired) electrons. The molecule has 0 N–H and O–H groups in total. The van der Waals surface area contributed by atoms with Crippen LogP contribution in [0.1, 0.15) is 86.1 Å². The maximum atomic E-state index is 7.42. The monoisotopic (exact) mass is 856 g/mol. The summed E-state index contributed by atoms with van der Waals surface area (Å²) in [5.41, 5.74) is 15.2. The van der Waals surface area contributed by atoms with Crippen molar-refractivity contribution in [2.75, 3.05) is 0 Å². The normalized spacial score (nSPS) is 13.0. The second-order valence-electron chi connectivity index (χ2n) is 19.9. The molecule has 0 aliphatic rings. The molecule has 0 atom stereocenters. The van der Waals surface area contributed by atoms with Crippen molar-refractivity contribution in [3.8, 4) is 0 Å². The van der Waals surface area contributed by atoms with Crippen LogP contribution in [0.15, 0.2) is 189 Å². The molecule has 322 valence electrons. The van der Waals surface area contributed by atoms with E-state index in [2.05, 4.69) is 213 Å². The average molecular weight is 857 g/mol. The number of para-hydroxylation sites is 4. The summed E-state index contributed by atoms with van der Waals surface area (Å²) in [6, 6.07) is 60.2. The van der Waals surface area contributed by atoms with Crippen molar-refractivity contribution in [3.05, 3.63) is 214 Å². The standard InChI is InChI=1S/C62H52N2O2/c1-37-19-15-21-39(35-37)56(63-41-23-11-9-12-24-41)53-45-33-34-50-51(47-28-18-30-49(59(47)65-50)62(6,7)8)52(45)55-46(32-31-44-43-27-17-29-48(61(3,4)5)58(43)66-60(44)55)54(53)57(40-22-16-20-38(2)36-40)64-42-25-13-10-14-26-42/h9-36H,1-8H3/b63-56+,64-57+. The van der Waals surface area contributed by atoms with Gasteiger partial charge in [0.2, 0.25) is 0 Å². The highest BCUT2D eigenvalue weighted by atomic mass is 16.3. The van der Waals surface area contributed by atoms with E-state index in [-0.39, 0.29) is 10.8 Å². The lowest BCUT2D eigenvalue weighted by Crippen LogP contribution is -2.15. The van der Waals surface area contributed by atoms with Crippen LogP contribution in [0.25, 0.3) is 65.4 Å². The summed E-state index contributed by atoms with van der Waals surface area (Å²) >= 11 is 0. The molecule has 2 aromatic heterocycles. The quantitative estimate of drug-likeness (QED) is 0.124. The molecule has 11 rings (SSSR count). The van der Waals surface area contributed by atoms with Gasteiger partial charge in [0.1, 0.15) is 22.3 Å². The lowest BCUT2D eigenvalue weighted by Gasteiger charge is -2.22. The maximum Gasteiger partial charge on any atom is 0.143 e. The number of hydrogen-bond donors (Lipinski definition) is 0. The van der Waals surface area contributed by atoms with E-state index >= 15 is 0 Å². The smallest absolute Gasteiger partial charge is 0.143 e. The first kappa shape index (κ1) is 41.2. The highest BCUT2D eigenvalue weighted by molar-refractivity contribution is 6.41. The van der Waals surface area contributed by atoms with Crippen LogP contribution in [0.4, 0.5) is 11.4 Å². The van der Waals surface area contributed by atoms with Gasteiger partial charge >= 0.3 is 0 Å². The highest BCUT2D eigenvalue weighted by Crippen LogP contribution is 2.49. The Hall–Kier alpha value is -7.56. The molecule has 11 aromatic rings. The number of fused-ring (bicyclic) bond motifs is 11. The third-order valence-electron chi connectivity index (χ3n) is 13.0. The zero-order valence-corrected chi connectivity index (χ0v) is 38.9. The van der Waals surface area contributed by atoms with Gasteiger partial charge in [0, 0.05) is 65.7 Å². The van der Waals surface area contributed by atoms with Gasteiger partial charge < -0.3 is 8.83 Å². The second-order valence-corrected chi connectivity index (χ2v) is 19.9. The zero-order valence-electron chi connectivity index (χ0n) is 38.9. The third-order valence-corrected chi connectivity index (χ3v) is 13.0. The average Bonchev–Trinajstić information content (AvgIpc) is 3.88. The molecule has 0 unspecified atom stereocenters. The summed E-state index contributed by atoms with van der Waals surface area (Å²) in [7, 11) is 0. The summed E-state index contributed by atoms with van der Waals surface area (Å²) in [6.45, 7) is 17.8. The highest BCUT2D eigenvalue weighted by Gasteiger charge is 2.31. The van der Waals surface area contributed by atoms with E-state index in [9.17, 15) is 0 Å². The minimum atomic E-state index is -0.157. The van der Waals surface area contributed by atoms with Crippen LogP contribution in [0.2, 0.25) is 0 Å². The fourth-order valence-electron chi connectivity index (χ4n) is 10.00. The van der Waals surface area contributed by atoms with Gasteiger partial charge in [-0.15, -0.1) is 0 Å². The molecule has 0 amide bonds. The van der Waals surface area contributed by atoms with Crippen LogP contribution in [0.3, 0.4) is 0 Å². The van der Waals surface area contributed by atoms with E-state index < -0.39 is 0 Å². The fourth-order valence-corrected chi connectivity index (χ4v) is 10.00. The van der Waals surface area contributed by atoms with Crippen molar-refractivity contribution in [2.45, 2.75) is 66.2 Å². The number of benzene rings is 9. The van der Waals surface area contributed by atoms with Crippen LogP contribution in [-0.4, -0.2) is 11.4 Å². The van der Waals surface area contributed by atoms with Gasteiger partial charge in [-0.1, -0.05) is 168 Å². The molecule has 0 saturated carbocycles. The molecule has 0 aliphatic heterocycles. The van der Waals surface area contributed by atoms with Gasteiger partial charge in [-0.2, -0.15) is 0 Å². The Morgan fingerprint density at radius 3 is 1.36 bits per heavy atom. The Labute approximate surface area is 386 Å². The fraction of sp³-hybridized carbons (Fsp3) is 0.161. The SMILES string of the molecule is Cc1cccc(/C(=N\c2ccccc2)c2c(/C(=N/c3ccccc3)c3cccc(C)c3)c3ccc4oc5c(C(C)(C)C)cccc5c4c3c3c2ccc2c4cccc(C(C)(C)C)c4oc23)c1. The van der Waals surface area contributed by atoms with Crippen molar-refractivity contribution in [1.82, 2.24) is 0 Å². The van der Waals surface area contributed by atoms with Gasteiger partial charge in [-0.3, -0.25) is 0 Å². The van der Waals surface area contributed by atoms with Gasteiger partial charge in [0.25, 0.3) is 0 Å². The Kier molecular flexibility index (Phi) is 9.70. The molecule has 2 heterocycles. The van der Waals surface area contributed by atoms with Crippen molar-refractivity contribution >= 4 is 88.2 Å². The van der Waals surface area contributed by atoms with E-state index in [1.807, 2.05) is 12.1 Å². The molecule has 0 bridgehead atoms. The van der Waals surface area contributed by atoms with Crippen LogP contribution in [0, 0.1) is 13.8 Å². The van der Waals surface area contributed by atoms with Crippen molar-refractivity contribution in [2.24, 2.45) is 9.98 Å². The number of furan rings is 2. The zero-order chi connectivity index (χ0) is 45.5. The van der Waals surface area contributed by atoms with Gasteiger partial charge in [-0.05, 0) is 90.0 Å². The van der Waals surface area contributed by atoms with Crippen molar-refractivity contribution in [1.29, 1.82) is 0 Å². The van der Waals surface area contributed by atoms with Gasteiger partial charge in [-0.25, -0.2) is 9.98 Å². The first-order valence-electron chi connectivity index (χ1n) is 23.0. The maximum absolute atomic E-state index is 7.42. The van der Waals surface area contributed by atoms with Gasteiger partial charge in [0.05, 0.1) is 22.8 Å². The first-order chi connectivity index (χ1) is 31.8. The second kappa shape index (κ2) is 15.6. The predicted molar refractivity (Wildman–Crippen MR) is 279 cm³/mol. The molecule has 4 nitrogen and oxygen atoms in total. The summed E-state index contributed by atoms with van der Waals surface area (Å²) in [4.78, 5) is 11.4. The van der Waals surface area contributed by atoms with E-state index in [1.165, 1.54) is 5.56 Å². The molecule has 4 heteroatoms. The number of rotatable bonds is 6. The first-order valence-corrected chi connectivity index (χ1v) is 23.0. The van der Waals surface area contributed by atoms with Crippen LogP contribution in [-0.2, 0) is 10.8 Å². The van der Waals surface area contributed by atoms with E-state index in [0.717, 1.165) is 127 Å². The molecular weight excluding hydrogens is 805 g/mol. The van der Waals surface area contributed by atoms with E-state index in [4.69, 9.17) is 18.8 Å². The third kappa shape index (κ3) is 6.91. The largest absolute Gasteiger partial charge is 0.456 e. The number of nitrogens with zero attached hydrogens (tertiary/aromatic N) is 2. The molecule has 0 aliphatic carbocycles. The summed E-state index contributed by atoms with van der Waals surface area (Å²) in [5.74, 6) is 0. The summed E-state index contributed by atoms with van der Waals surface area (Å²) in [6.07, 6.45) is 0. The molecule has 9 aromatic carbocycles. The lowest BCUT2D eigenvalue weighted by atomic mass is 9.81. The number of aliphatic imine (C=N–C) groups is 2. The number of hydrogen-bond acceptors (Lipinski definition) is 4.